The molecular formula is C22H22ClN5O2. The molecule has 1 aliphatic heterocycles. The molecule has 3 heterocycles. The minimum atomic E-state index is -0.245. The Labute approximate surface area is 179 Å². The van der Waals surface area contributed by atoms with Crippen molar-refractivity contribution in [1.29, 1.82) is 0 Å². The van der Waals surface area contributed by atoms with Crippen molar-refractivity contribution in [3.8, 4) is 11.1 Å². The second kappa shape index (κ2) is 9.19. The van der Waals surface area contributed by atoms with Crippen molar-refractivity contribution in [3.05, 3.63) is 71.3 Å². The van der Waals surface area contributed by atoms with E-state index in [1.165, 1.54) is 0 Å². The van der Waals surface area contributed by atoms with Crippen LogP contribution < -0.4 is 5.73 Å². The Morgan fingerprint density at radius 3 is 2.67 bits per heavy atom. The van der Waals surface area contributed by atoms with Gasteiger partial charge in [-0.25, -0.2) is 9.97 Å². The zero-order chi connectivity index (χ0) is 20.9. The lowest BCUT2D eigenvalue weighted by atomic mass is 10.1. The van der Waals surface area contributed by atoms with Crippen LogP contribution in [0.4, 0.5) is 5.95 Å². The number of morpholine rings is 1. The average molecular weight is 424 g/mol. The lowest BCUT2D eigenvalue weighted by Crippen LogP contribution is -2.42. The number of aryl methyl sites for hydroxylation is 1. The molecule has 1 aromatic carbocycles. The first kappa shape index (κ1) is 20.3. The number of hydrogen-bond donors (Lipinski definition) is 1. The fraction of sp³-hybridized carbons (Fsp3) is 0.273. The van der Waals surface area contributed by atoms with E-state index in [1.807, 2.05) is 41.3 Å². The number of amides is 1. The molecule has 0 bridgehead atoms. The standard InChI is InChI=1S/C22H22ClN5O2/c23-18-3-1-2-15(10-18)4-7-21(29)28-8-9-30-20(14-28)19-6-5-16(11-25-19)17-12-26-22(24)27-13-17/h1-3,5-6,10-13,20H,4,7-9,14H2,(H2,24,26,27)/t20-/m1/s1. The Bertz CT molecular complexity index is 1010. The fourth-order valence-corrected chi connectivity index (χ4v) is 3.62. The molecule has 1 saturated heterocycles. The summed E-state index contributed by atoms with van der Waals surface area (Å²) in [5, 5.41) is 0.687. The molecule has 154 valence electrons. The maximum absolute atomic E-state index is 12.7. The highest BCUT2D eigenvalue weighted by atomic mass is 35.5. The summed E-state index contributed by atoms with van der Waals surface area (Å²) in [6.45, 7) is 1.57. The number of aromatic nitrogens is 3. The summed E-state index contributed by atoms with van der Waals surface area (Å²) in [4.78, 5) is 27.1. The number of carbonyl (C=O) groups is 1. The smallest absolute Gasteiger partial charge is 0.223 e. The van der Waals surface area contributed by atoms with Gasteiger partial charge in [0.25, 0.3) is 0 Å². The molecule has 1 fully saturated rings. The number of nitrogens with zero attached hydrogens (tertiary/aromatic N) is 4. The topological polar surface area (TPSA) is 94.2 Å². The van der Waals surface area contributed by atoms with Crippen LogP contribution >= 0.6 is 11.6 Å². The molecule has 7 nitrogen and oxygen atoms in total. The molecule has 2 aromatic heterocycles. The van der Waals surface area contributed by atoms with Gasteiger partial charge in [0.2, 0.25) is 11.9 Å². The van der Waals surface area contributed by atoms with Gasteiger partial charge >= 0.3 is 0 Å². The Morgan fingerprint density at radius 2 is 1.93 bits per heavy atom. The van der Waals surface area contributed by atoms with E-state index in [0.29, 0.717) is 37.6 Å². The van der Waals surface area contributed by atoms with Crippen LogP contribution in [0.5, 0.6) is 0 Å². The molecule has 0 spiro atoms. The zero-order valence-corrected chi connectivity index (χ0v) is 17.1. The van der Waals surface area contributed by atoms with Crippen LogP contribution in [0.25, 0.3) is 11.1 Å². The third-order valence-corrected chi connectivity index (χ3v) is 5.29. The Morgan fingerprint density at radius 1 is 1.13 bits per heavy atom. The summed E-state index contributed by atoms with van der Waals surface area (Å²) < 4.78 is 5.87. The van der Waals surface area contributed by atoms with E-state index in [0.717, 1.165) is 22.4 Å². The third kappa shape index (κ3) is 4.93. The largest absolute Gasteiger partial charge is 0.368 e. The Balaban J connectivity index is 1.37. The van der Waals surface area contributed by atoms with E-state index in [-0.39, 0.29) is 18.0 Å². The van der Waals surface area contributed by atoms with E-state index < -0.39 is 0 Å². The number of nitrogens with two attached hydrogens (primary N) is 1. The molecule has 30 heavy (non-hydrogen) atoms. The highest BCUT2D eigenvalue weighted by Gasteiger charge is 2.26. The van der Waals surface area contributed by atoms with Crippen LogP contribution in [0.2, 0.25) is 5.02 Å². The van der Waals surface area contributed by atoms with Crippen LogP contribution in [0.15, 0.2) is 55.0 Å². The van der Waals surface area contributed by atoms with Gasteiger partial charge in [0.1, 0.15) is 6.10 Å². The lowest BCUT2D eigenvalue weighted by Gasteiger charge is -2.32. The molecule has 0 aliphatic carbocycles. The summed E-state index contributed by atoms with van der Waals surface area (Å²) in [7, 11) is 0. The Hall–Kier alpha value is -3.03. The molecule has 3 aromatic rings. The first-order chi connectivity index (χ1) is 14.6. The van der Waals surface area contributed by atoms with Crippen molar-refractivity contribution in [2.24, 2.45) is 0 Å². The monoisotopic (exact) mass is 423 g/mol. The fourth-order valence-electron chi connectivity index (χ4n) is 3.41. The summed E-state index contributed by atoms with van der Waals surface area (Å²) in [6, 6.07) is 11.5. The molecule has 4 rings (SSSR count). The number of carbonyl (C=O) groups excluding carboxylic acids is 1. The predicted octanol–water partition coefficient (Wildman–Crippen LogP) is 3.31. The van der Waals surface area contributed by atoms with E-state index in [4.69, 9.17) is 22.1 Å². The lowest BCUT2D eigenvalue weighted by molar-refractivity contribution is -0.139. The van der Waals surface area contributed by atoms with Crippen molar-refractivity contribution in [2.75, 3.05) is 25.4 Å². The molecule has 2 N–H and O–H groups in total. The molecule has 0 unspecified atom stereocenters. The Kier molecular flexibility index (Phi) is 6.21. The molecule has 1 amide bonds. The van der Waals surface area contributed by atoms with Crippen molar-refractivity contribution in [3.63, 3.8) is 0 Å². The second-order valence-corrected chi connectivity index (χ2v) is 7.57. The van der Waals surface area contributed by atoms with Gasteiger partial charge < -0.3 is 15.4 Å². The van der Waals surface area contributed by atoms with E-state index >= 15 is 0 Å². The summed E-state index contributed by atoms with van der Waals surface area (Å²) in [5.41, 5.74) is 9.12. The van der Waals surface area contributed by atoms with Gasteiger partial charge in [0.15, 0.2) is 0 Å². The zero-order valence-electron chi connectivity index (χ0n) is 16.4. The first-order valence-corrected chi connectivity index (χ1v) is 10.1. The molecule has 1 aliphatic rings. The van der Waals surface area contributed by atoms with E-state index in [9.17, 15) is 4.79 Å². The van der Waals surface area contributed by atoms with Gasteiger partial charge in [-0.05, 0) is 30.2 Å². The average Bonchev–Trinajstić information content (AvgIpc) is 2.78. The van der Waals surface area contributed by atoms with Crippen molar-refractivity contribution < 1.29 is 9.53 Å². The van der Waals surface area contributed by atoms with Gasteiger partial charge in [0, 0.05) is 47.7 Å². The van der Waals surface area contributed by atoms with Crippen LogP contribution in [0, 0.1) is 0 Å². The number of hydrogen-bond acceptors (Lipinski definition) is 6. The number of halogens is 1. The van der Waals surface area contributed by atoms with Gasteiger partial charge in [-0.3, -0.25) is 9.78 Å². The van der Waals surface area contributed by atoms with Crippen LogP contribution in [0.1, 0.15) is 23.8 Å². The normalized spacial score (nSPS) is 16.4. The summed E-state index contributed by atoms with van der Waals surface area (Å²) in [6.07, 6.45) is 5.94. The van der Waals surface area contributed by atoms with Crippen molar-refractivity contribution in [1.82, 2.24) is 19.9 Å². The molecule has 0 radical (unpaired) electrons. The number of rotatable bonds is 5. The summed E-state index contributed by atoms with van der Waals surface area (Å²) >= 11 is 6.02. The molecule has 0 saturated carbocycles. The number of ether oxygens (including phenoxy) is 1. The maximum Gasteiger partial charge on any atom is 0.223 e. The third-order valence-electron chi connectivity index (χ3n) is 5.06. The number of pyridine rings is 1. The van der Waals surface area contributed by atoms with Crippen molar-refractivity contribution in [2.45, 2.75) is 18.9 Å². The first-order valence-electron chi connectivity index (χ1n) is 9.76. The van der Waals surface area contributed by atoms with Gasteiger partial charge in [-0.2, -0.15) is 0 Å². The van der Waals surface area contributed by atoms with Crippen LogP contribution in [-0.4, -0.2) is 45.5 Å². The van der Waals surface area contributed by atoms with Crippen LogP contribution in [-0.2, 0) is 16.0 Å². The quantitative estimate of drug-likeness (QED) is 0.676. The maximum atomic E-state index is 12.7. The van der Waals surface area contributed by atoms with Gasteiger partial charge in [-0.15, -0.1) is 0 Å². The van der Waals surface area contributed by atoms with E-state index in [2.05, 4.69) is 15.0 Å². The van der Waals surface area contributed by atoms with Gasteiger partial charge in [0.05, 0.1) is 18.8 Å². The minimum Gasteiger partial charge on any atom is -0.368 e. The second-order valence-electron chi connectivity index (χ2n) is 7.13. The highest BCUT2D eigenvalue weighted by Crippen LogP contribution is 2.24. The predicted molar refractivity (Wildman–Crippen MR) is 115 cm³/mol. The summed E-state index contributed by atoms with van der Waals surface area (Å²) in [5.74, 6) is 0.345. The SMILES string of the molecule is Nc1ncc(-c2ccc([C@H]3CN(C(=O)CCc4cccc(Cl)c4)CCO3)nc2)cn1. The number of benzene rings is 1. The minimum absolute atomic E-state index is 0.110. The van der Waals surface area contributed by atoms with Crippen LogP contribution in [0.3, 0.4) is 0 Å². The number of nitrogen functional groups attached to an aromatic ring is 1. The van der Waals surface area contributed by atoms with E-state index in [1.54, 1.807) is 18.6 Å². The highest BCUT2D eigenvalue weighted by molar-refractivity contribution is 6.30. The molecule has 8 heteroatoms. The molecular weight excluding hydrogens is 402 g/mol. The van der Waals surface area contributed by atoms with Crippen molar-refractivity contribution >= 4 is 23.5 Å². The molecule has 1 atom stereocenters. The number of anilines is 1. The van der Waals surface area contributed by atoms with Gasteiger partial charge in [-0.1, -0.05) is 29.8 Å².